The van der Waals surface area contributed by atoms with Gasteiger partial charge in [0.1, 0.15) is 0 Å². The number of carbonyl (C=O) groups is 1. The zero-order valence-corrected chi connectivity index (χ0v) is 10.2. The van der Waals surface area contributed by atoms with Gasteiger partial charge in [-0.15, -0.1) is 6.42 Å². The van der Waals surface area contributed by atoms with Crippen LogP contribution in [0.2, 0.25) is 0 Å². The molecule has 2 nitrogen and oxygen atoms in total. The van der Waals surface area contributed by atoms with Crippen molar-refractivity contribution in [2.75, 3.05) is 6.54 Å². The Kier molecular flexibility index (Phi) is 4.85. The molecule has 1 rings (SSSR count). The van der Waals surface area contributed by atoms with Crippen LogP contribution in [0.3, 0.4) is 0 Å². The number of hydrogen-bond acceptors (Lipinski definition) is 1. The van der Waals surface area contributed by atoms with Gasteiger partial charge < -0.3 is 4.90 Å². The summed E-state index contributed by atoms with van der Waals surface area (Å²) in [5.74, 6) is 7.34. The Morgan fingerprint density at radius 3 is 2.53 bits per heavy atom. The number of hydrogen-bond donors (Lipinski definition) is 0. The Labute approximate surface area is 103 Å². The van der Waals surface area contributed by atoms with E-state index in [-0.39, 0.29) is 12.5 Å². The van der Waals surface area contributed by atoms with E-state index in [2.05, 4.69) is 17.8 Å². The van der Waals surface area contributed by atoms with Crippen molar-refractivity contribution in [3.63, 3.8) is 0 Å². The summed E-state index contributed by atoms with van der Waals surface area (Å²) < 4.78 is 0. The molecule has 0 aliphatic carbocycles. The molecule has 86 valence electrons. The number of aryl methyl sites for hydroxylation is 1. The van der Waals surface area contributed by atoms with Crippen LogP contribution in [-0.4, -0.2) is 17.4 Å². The predicted octanol–water partition coefficient (Wildman–Crippen LogP) is 1.98. The molecule has 0 heterocycles. The number of nitrogens with zero attached hydrogens (tertiary/aromatic N) is 1. The summed E-state index contributed by atoms with van der Waals surface area (Å²) in [6, 6.07) is 8.01. The van der Waals surface area contributed by atoms with E-state index < -0.39 is 0 Å². The Hall–Kier alpha value is -2.19. The maximum Gasteiger partial charge on any atom is 0.299 e. The van der Waals surface area contributed by atoms with Crippen LogP contribution in [0.25, 0.3) is 0 Å². The molecule has 0 fully saturated rings. The standard InChI is InChI=1S/C15H15NO/c1-4-6-15(17)16(11-5-2)12-14-9-7-13(3)8-10-14/h2,7-10H,11-12H2,1,3H3. The van der Waals surface area contributed by atoms with Crippen LogP contribution in [0.1, 0.15) is 18.1 Å². The molecular formula is C15H15NO. The molecule has 2 heteroatoms. The van der Waals surface area contributed by atoms with Gasteiger partial charge in [-0.25, -0.2) is 0 Å². The summed E-state index contributed by atoms with van der Waals surface area (Å²) in [5.41, 5.74) is 2.24. The van der Waals surface area contributed by atoms with E-state index in [0.717, 1.165) is 5.56 Å². The van der Waals surface area contributed by atoms with E-state index in [1.807, 2.05) is 31.2 Å². The summed E-state index contributed by atoms with van der Waals surface area (Å²) in [4.78, 5) is 13.2. The molecule has 0 saturated heterocycles. The van der Waals surface area contributed by atoms with Crippen molar-refractivity contribution in [3.05, 3.63) is 35.4 Å². The molecule has 0 unspecified atom stereocenters. The molecule has 17 heavy (non-hydrogen) atoms. The number of carbonyl (C=O) groups excluding carboxylic acids is 1. The lowest BCUT2D eigenvalue weighted by molar-refractivity contribution is -0.125. The third-order valence-electron chi connectivity index (χ3n) is 2.30. The van der Waals surface area contributed by atoms with Crippen molar-refractivity contribution in [2.45, 2.75) is 20.4 Å². The van der Waals surface area contributed by atoms with Gasteiger partial charge in [-0.1, -0.05) is 41.7 Å². The first-order valence-electron chi connectivity index (χ1n) is 5.38. The van der Waals surface area contributed by atoms with E-state index in [1.165, 1.54) is 5.56 Å². The van der Waals surface area contributed by atoms with Crippen LogP contribution in [0.4, 0.5) is 0 Å². The SMILES string of the molecule is C#CCN(Cc1ccc(C)cc1)C(=O)C#CC. The maximum atomic E-state index is 11.7. The third-order valence-corrected chi connectivity index (χ3v) is 2.30. The molecule has 0 aromatic heterocycles. The average molecular weight is 225 g/mol. The highest BCUT2D eigenvalue weighted by molar-refractivity contribution is 5.93. The summed E-state index contributed by atoms with van der Waals surface area (Å²) in [6.07, 6.45) is 5.25. The molecular weight excluding hydrogens is 210 g/mol. The molecule has 0 N–H and O–H groups in total. The van der Waals surface area contributed by atoms with E-state index in [0.29, 0.717) is 6.54 Å². The van der Waals surface area contributed by atoms with Crippen molar-refractivity contribution < 1.29 is 4.79 Å². The monoisotopic (exact) mass is 225 g/mol. The first-order chi connectivity index (χ1) is 8.17. The van der Waals surface area contributed by atoms with Crippen LogP contribution in [0.5, 0.6) is 0 Å². The summed E-state index contributed by atoms with van der Waals surface area (Å²) in [5, 5.41) is 0. The molecule has 0 radical (unpaired) electrons. The second-order valence-corrected chi connectivity index (χ2v) is 3.73. The number of rotatable bonds is 3. The highest BCUT2D eigenvalue weighted by atomic mass is 16.2. The van der Waals surface area contributed by atoms with Crippen molar-refractivity contribution in [2.24, 2.45) is 0 Å². The predicted molar refractivity (Wildman–Crippen MR) is 68.9 cm³/mol. The van der Waals surface area contributed by atoms with Crippen molar-refractivity contribution in [3.8, 4) is 24.2 Å². The van der Waals surface area contributed by atoms with E-state index in [4.69, 9.17) is 6.42 Å². The smallest absolute Gasteiger partial charge is 0.299 e. The quantitative estimate of drug-likeness (QED) is 0.720. The molecule has 1 aromatic rings. The van der Waals surface area contributed by atoms with Gasteiger partial charge in [0.2, 0.25) is 0 Å². The minimum atomic E-state index is -0.231. The first kappa shape index (κ1) is 12.9. The normalized spacial score (nSPS) is 8.76. The van der Waals surface area contributed by atoms with Crippen LogP contribution in [-0.2, 0) is 11.3 Å². The zero-order chi connectivity index (χ0) is 12.7. The molecule has 0 aliphatic rings. The van der Waals surface area contributed by atoms with Gasteiger partial charge in [-0.3, -0.25) is 4.79 Å². The number of terminal acetylenes is 1. The maximum absolute atomic E-state index is 11.7. The lowest BCUT2D eigenvalue weighted by Gasteiger charge is -2.17. The van der Waals surface area contributed by atoms with Gasteiger partial charge in [0.05, 0.1) is 6.54 Å². The van der Waals surface area contributed by atoms with Gasteiger partial charge >= 0.3 is 0 Å². The molecule has 0 saturated carbocycles. The van der Waals surface area contributed by atoms with Crippen LogP contribution >= 0.6 is 0 Å². The minimum Gasteiger partial charge on any atom is -0.316 e. The van der Waals surface area contributed by atoms with E-state index in [9.17, 15) is 4.79 Å². The lowest BCUT2D eigenvalue weighted by Crippen LogP contribution is -2.29. The largest absolute Gasteiger partial charge is 0.316 e. The number of benzene rings is 1. The Morgan fingerprint density at radius 2 is 2.00 bits per heavy atom. The molecule has 0 atom stereocenters. The number of amides is 1. The zero-order valence-electron chi connectivity index (χ0n) is 10.2. The molecule has 1 amide bonds. The van der Waals surface area contributed by atoms with Crippen LogP contribution in [0, 0.1) is 31.1 Å². The fraction of sp³-hybridized carbons (Fsp3) is 0.267. The lowest BCUT2D eigenvalue weighted by atomic mass is 10.1. The van der Waals surface area contributed by atoms with Gasteiger partial charge in [-0.05, 0) is 25.3 Å². The Morgan fingerprint density at radius 1 is 1.35 bits per heavy atom. The summed E-state index contributed by atoms with van der Waals surface area (Å²) in [6.45, 7) is 4.44. The van der Waals surface area contributed by atoms with Gasteiger partial charge in [0, 0.05) is 6.54 Å². The second kappa shape index (κ2) is 6.40. The highest BCUT2D eigenvalue weighted by Crippen LogP contribution is 2.06. The summed E-state index contributed by atoms with van der Waals surface area (Å²) >= 11 is 0. The van der Waals surface area contributed by atoms with Crippen LogP contribution < -0.4 is 0 Å². The van der Waals surface area contributed by atoms with E-state index in [1.54, 1.807) is 11.8 Å². The molecule has 0 bridgehead atoms. The highest BCUT2D eigenvalue weighted by Gasteiger charge is 2.09. The summed E-state index contributed by atoms with van der Waals surface area (Å²) in [7, 11) is 0. The topological polar surface area (TPSA) is 20.3 Å². The van der Waals surface area contributed by atoms with Crippen molar-refractivity contribution >= 4 is 5.91 Å². The fourth-order valence-electron chi connectivity index (χ4n) is 1.41. The second-order valence-electron chi connectivity index (χ2n) is 3.73. The van der Waals surface area contributed by atoms with Gasteiger partial charge in [-0.2, -0.15) is 0 Å². The third kappa shape index (κ3) is 4.05. The van der Waals surface area contributed by atoms with Crippen molar-refractivity contribution in [1.29, 1.82) is 0 Å². The minimum absolute atomic E-state index is 0.231. The van der Waals surface area contributed by atoms with E-state index >= 15 is 0 Å². The molecule has 0 aliphatic heterocycles. The molecule has 1 aromatic carbocycles. The van der Waals surface area contributed by atoms with Gasteiger partial charge in [0.15, 0.2) is 0 Å². The Bertz CT molecular complexity index is 482. The Balaban J connectivity index is 2.79. The van der Waals surface area contributed by atoms with Crippen molar-refractivity contribution in [1.82, 2.24) is 4.90 Å². The first-order valence-corrected chi connectivity index (χ1v) is 5.38. The average Bonchev–Trinajstić information content (AvgIpc) is 2.31. The van der Waals surface area contributed by atoms with Gasteiger partial charge in [0.25, 0.3) is 5.91 Å². The fourth-order valence-corrected chi connectivity index (χ4v) is 1.41. The van der Waals surface area contributed by atoms with Crippen LogP contribution in [0.15, 0.2) is 24.3 Å². The molecule has 0 spiro atoms.